The van der Waals surface area contributed by atoms with Gasteiger partial charge in [-0.3, -0.25) is 4.90 Å². The third-order valence-corrected chi connectivity index (χ3v) is 7.15. The van der Waals surface area contributed by atoms with Gasteiger partial charge in [-0.15, -0.1) is 0 Å². The number of likely N-dealkylation sites (tertiary alicyclic amines) is 1. The number of piperidine rings is 4. The molecule has 0 amide bonds. The Kier molecular flexibility index (Phi) is 4.13. The van der Waals surface area contributed by atoms with Crippen molar-refractivity contribution in [1.29, 1.82) is 0 Å². The highest BCUT2D eigenvalue weighted by molar-refractivity contribution is 5.07. The molecule has 0 radical (unpaired) electrons. The minimum absolute atomic E-state index is 0.310. The molecule has 0 aromatic rings. The summed E-state index contributed by atoms with van der Waals surface area (Å²) in [5.74, 6) is 0.855. The van der Waals surface area contributed by atoms with Gasteiger partial charge in [-0.1, -0.05) is 26.7 Å². The lowest BCUT2D eigenvalue weighted by molar-refractivity contribution is -0.0885. The quantitative estimate of drug-likeness (QED) is 0.857. The highest BCUT2D eigenvalue weighted by Gasteiger charge is 2.50. The van der Waals surface area contributed by atoms with E-state index < -0.39 is 0 Å². The van der Waals surface area contributed by atoms with Crippen LogP contribution in [0, 0.1) is 11.3 Å². The lowest BCUT2D eigenvalue weighted by atomic mass is 9.68. The molecule has 0 aliphatic carbocycles. The molecule has 20 heavy (non-hydrogen) atoms. The standard InChI is InChI=1S/C17H33N3/c1-3-16(4-2)7-11-20(12-8-16)17(13-18)14-19-9-5-15(17)6-10-19/h15H,3-14,18H2,1-2H3. The van der Waals surface area contributed by atoms with Crippen LogP contribution in [0.5, 0.6) is 0 Å². The Labute approximate surface area is 124 Å². The first kappa shape index (κ1) is 14.8. The largest absolute Gasteiger partial charge is 0.329 e. The minimum atomic E-state index is 0.310. The average Bonchev–Trinajstić information content (AvgIpc) is 2.55. The molecule has 0 aromatic carbocycles. The topological polar surface area (TPSA) is 32.5 Å². The van der Waals surface area contributed by atoms with Crippen molar-refractivity contribution in [2.24, 2.45) is 17.1 Å². The molecule has 4 rings (SSSR count). The molecule has 3 nitrogen and oxygen atoms in total. The third kappa shape index (κ3) is 2.22. The molecule has 4 heterocycles. The molecule has 2 N–H and O–H groups in total. The molecule has 116 valence electrons. The SMILES string of the molecule is CCC1(CC)CCN(C2(CN)CN3CCC2CC3)CC1. The summed E-state index contributed by atoms with van der Waals surface area (Å²) in [4.78, 5) is 5.46. The van der Waals surface area contributed by atoms with Crippen molar-refractivity contribution in [2.75, 3.05) is 39.3 Å². The second-order valence-electron chi connectivity index (χ2n) is 7.55. The number of nitrogens with two attached hydrogens (primary N) is 1. The summed E-state index contributed by atoms with van der Waals surface area (Å²) in [7, 11) is 0. The van der Waals surface area contributed by atoms with Gasteiger partial charge in [0.15, 0.2) is 0 Å². The van der Waals surface area contributed by atoms with Crippen molar-refractivity contribution in [3.05, 3.63) is 0 Å². The molecule has 0 aromatic heterocycles. The van der Waals surface area contributed by atoms with E-state index in [4.69, 9.17) is 5.73 Å². The van der Waals surface area contributed by atoms with Gasteiger partial charge in [0, 0.05) is 18.6 Å². The highest BCUT2D eigenvalue weighted by atomic mass is 15.3. The zero-order chi connectivity index (χ0) is 14.2. The minimum Gasteiger partial charge on any atom is -0.329 e. The Morgan fingerprint density at radius 2 is 1.60 bits per heavy atom. The molecule has 2 bridgehead atoms. The zero-order valence-corrected chi connectivity index (χ0v) is 13.5. The van der Waals surface area contributed by atoms with Gasteiger partial charge < -0.3 is 10.6 Å². The molecule has 0 saturated carbocycles. The van der Waals surface area contributed by atoms with Crippen LogP contribution in [0.3, 0.4) is 0 Å². The number of fused-ring (bicyclic) bond motifs is 3. The van der Waals surface area contributed by atoms with E-state index in [1.165, 1.54) is 71.2 Å². The highest BCUT2D eigenvalue weighted by Crippen LogP contribution is 2.44. The lowest BCUT2D eigenvalue weighted by Crippen LogP contribution is -2.71. The Morgan fingerprint density at radius 3 is 2.00 bits per heavy atom. The maximum Gasteiger partial charge on any atom is 0.0487 e. The Bertz CT molecular complexity index is 321. The number of rotatable bonds is 4. The van der Waals surface area contributed by atoms with Crippen LogP contribution in [-0.4, -0.2) is 54.6 Å². The predicted molar refractivity (Wildman–Crippen MR) is 84.8 cm³/mol. The fraction of sp³-hybridized carbons (Fsp3) is 1.00. The van der Waals surface area contributed by atoms with Crippen molar-refractivity contribution < 1.29 is 0 Å². The van der Waals surface area contributed by atoms with Gasteiger partial charge in [0.2, 0.25) is 0 Å². The summed E-state index contributed by atoms with van der Waals surface area (Å²) in [6, 6.07) is 0. The Morgan fingerprint density at radius 1 is 1.00 bits per heavy atom. The zero-order valence-electron chi connectivity index (χ0n) is 13.5. The van der Waals surface area contributed by atoms with Crippen LogP contribution >= 0.6 is 0 Å². The summed E-state index contributed by atoms with van der Waals surface area (Å²) >= 11 is 0. The van der Waals surface area contributed by atoms with E-state index >= 15 is 0 Å². The van der Waals surface area contributed by atoms with E-state index in [0.717, 1.165) is 12.5 Å². The fourth-order valence-electron chi connectivity index (χ4n) is 5.25. The van der Waals surface area contributed by atoms with Crippen molar-refractivity contribution >= 4 is 0 Å². The maximum atomic E-state index is 6.32. The molecule has 4 fully saturated rings. The smallest absolute Gasteiger partial charge is 0.0487 e. The molecular formula is C17H33N3. The van der Waals surface area contributed by atoms with Crippen LogP contribution in [0.1, 0.15) is 52.4 Å². The van der Waals surface area contributed by atoms with Crippen molar-refractivity contribution in [2.45, 2.75) is 57.9 Å². The van der Waals surface area contributed by atoms with Crippen molar-refractivity contribution in [3.8, 4) is 0 Å². The predicted octanol–water partition coefficient (Wildman–Crippen LogP) is 2.31. The Balaban J connectivity index is 1.72. The molecule has 3 heteroatoms. The van der Waals surface area contributed by atoms with Crippen LogP contribution in [0.4, 0.5) is 0 Å². The van der Waals surface area contributed by atoms with Crippen molar-refractivity contribution in [3.63, 3.8) is 0 Å². The van der Waals surface area contributed by atoms with Crippen LogP contribution in [0.25, 0.3) is 0 Å². The Hall–Kier alpha value is -0.120. The molecule has 4 aliphatic heterocycles. The lowest BCUT2D eigenvalue weighted by Gasteiger charge is -2.60. The molecule has 4 aliphatic rings. The van der Waals surface area contributed by atoms with Gasteiger partial charge in [0.1, 0.15) is 0 Å². The summed E-state index contributed by atoms with van der Waals surface area (Å²) in [6.45, 7) is 12.0. The van der Waals surface area contributed by atoms with Gasteiger partial charge >= 0.3 is 0 Å². The summed E-state index contributed by atoms with van der Waals surface area (Å²) in [5, 5.41) is 0. The second kappa shape index (κ2) is 5.58. The molecule has 4 saturated heterocycles. The van der Waals surface area contributed by atoms with E-state index in [1.54, 1.807) is 0 Å². The van der Waals surface area contributed by atoms with Gasteiger partial charge in [-0.05, 0) is 63.2 Å². The number of hydrogen-bond acceptors (Lipinski definition) is 3. The molecule has 1 unspecified atom stereocenters. The monoisotopic (exact) mass is 279 g/mol. The fourth-order valence-corrected chi connectivity index (χ4v) is 5.25. The van der Waals surface area contributed by atoms with Gasteiger partial charge in [-0.25, -0.2) is 0 Å². The van der Waals surface area contributed by atoms with E-state index in [2.05, 4.69) is 23.6 Å². The molecular weight excluding hydrogens is 246 g/mol. The second-order valence-corrected chi connectivity index (χ2v) is 7.55. The normalized spacial score (nSPS) is 41.0. The van der Waals surface area contributed by atoms with Crippen LogP contribution in [-0.2, 0) is 0 Å². The van der Waals surface area contributed by atoms with E-state index in [9.17, 15) is 0 Å². The van der Waals surface area contributed by atoms with Gasteiger partial charge in [0.25, 0.3) is 0 Å². The van der Waals surface area contributed by atoms with Gasteiger partial charge in [0.05, 0.1) is 0 Å². The molecule has 1 atom stereocenters. The van der Waals surface area contributed by atoms with Crippen molar-refractivity contribution in [1.82, 2.24) is 9.80 Å². The van der Waals surface area contributed by atoms with E-state index in [1.807, 2.05) is 0 Å². The first-order valence-electron chi connectivity index (χ1n) is 8.85. The van der Waals surface area contributed by atoms with Crippen LogP contribution in [0.15, 0.2) is 0 Å². The summed E-state index contributed by atoms with van der Waals surface area (Å²) in [6.07, 6.45) is 8.22. The van der Waals surface area contributed by atoms with E-state index in [-0.39, 0.29) is 0 Å². The first-order chi connectivity index (χ1) is 9.68. The summed E-state index contributed by atoms with van der Waals surface area (Å²) < 4.78 is 0. The number of nitrogens with zero attached hydrogens (tertiary/aromatic N) is 2. The first-order valence-corrected chi connectivity index (χ1v) is 8.85. The maximum absolute atomic E-state index is 6.32. The van der Waals surface area contributed by atoms with Crippen LogP contribution < -0.4 is 5.73 Å². The van der Waals surface area contributed by atoms with E-state index in [0.29, 0.717) is 11.0 Å². The number of hydrogen-bond donors (Lipinski definition) is 1. The summed E-state index contributed by atoms with van der Waals surface area (Å²) in [5.41, 5.74) is 7.25. The van der Waals surface area contributed by atoms with Gasteiger partial charge in [-0.2, -0.15) is 0 Å². The van der Waals surface area contributed by atoms with Crippen LogP contribution in [0.2, 0.25) is 0 Å². The third-order valence-electron chi connectivity index (χ3n) is 7.15. The molecule has 0 spiro atoms. The average molecular weight is 279 g/mol.